The highest BCUT2D eigenvalue weighted by atomic mass is 19.1. The molecule has 6 heteroatoms. The lowest BCUT2D eigenvalue weighted by molar-refractivity contribution is 0.148. The first-order chi connectivity index (χ1) is 10.2. The van der Waals surface area contributed by atoms with Crippen molar-refractivity contribution in [2.45, 2.75) is 18.9 Å². The Bertz CT molecular complexity index is 465. The number of hydrogen-bond acceptors (Lipinski definition) is 4. The number of nitrogens with zero attached hydrogens (tertiary/aromatic N) is 1. The molecule has 0 aromatic heterocycles. The number of aliphatic hydroxyl groups is 1. The summed E-state index contributed by atoms with van der Waals surface area (Å²) in [4.78, 5) is 2.06. The maximum absolute atomic E-state index is 14.5. The molecular weight excluding hydrogens is 278 g/mol. The SMILES string of the molecule is COc1ccc(F)c([C@@H](CCCO)N2CCNCC2)c1F. The molecule has 1 atom stereocenters. The van der Waals surface area contributed by atoms with Crippen LogP contribution in [-0.4, -0.2) is 49.9 Å². The van der Waals surface area contributed by atoms with E-state index in [4.69, 9.17) is 9.84 Å². The summed E-state index contributed by atoms with van der Waals surface area (Å²) < 4.78 is 33.7. The first kappa shape index (κ1) is 16.1. The number of piperazine rings is 1. The number of hydrogen-bond donors (Lipinski definition) is 2. The second kappa shape index (κ2) is 7.68. The van der Waals surface area contributed by atoms with Crippen molar-refractivity contribution in [2.24, 2.45) is 0 Å². The average molecular weight is 300 g/mol. The van der Waals surface area contributed by atoms with Crippen molar-refractivity contribution < 1.29 is 18.6 Å². The van der Waals surface area contributed by atoms with Crippen molar-refractivity contribution in [1.82, 2.24) is 10.2 Å². The highest BCUT2D eigenvalue weighted by molar-refractivity contribution is 5.34. The Morgan fingerprint density at radius 3 is 2.67 bits per heavy atom. The molecule has 0 aliphatic carbocycles. The summed E-state index contributed by atoms with van der Waals surface area (Å²) in [5.41, 5.74) is 0.0460. The summed E-state index contributed by atoms with van der Waals surface area (Å²) >= 11 is 0. The molecule has 1 aromatic carbocycles. The van der Waals surface area contributed by atoms with Gasteiger partial charge in [-0.3, -0.25) is 4.90 Å². The van der Waals surface area contributed by atoms with Gasteiger partial charge in [0.2, 0.25) is 0 Å². The highest BCUT2D eigenvalue weighted by Gasteiger charge is 2.28. The van der Waals surface area contributed by atoms with Crippen molar-refractivity contribution in [3.8, 4) is 5.75 Å². The molecule has 0 spiro atoms. The molecule has 2 N–H and O–H groups in total. The van der Waals surface area contributed by atoms with Crippen molar-refractivity contribution >= 4 is 0 Å². The molecule has 1 heterocycles. The lowest BCUT2D eigenvalue weighted by atomic mass is 9.98. The summed E-state index contributed by atoms with van der Waals surface area (Å²) in [6.45, 7) is 3.06. The maximum Gasteiger partial charge on any atom is 0.172 e. The molecule has 2 rings (SSSR count). The van der Waals surface area contributed by atoms with Gasteiger partial charge in [0, 0.05) is 44.4 Å². The third-order valence-corrected chi connectivity index (χ3v) is 3.87. The number of benzene rings is 1. The van der Waals surface area contributed by atoms with E-state index in [1.807, 2.05) is 0 Å². The van der Waals surface area contributed by atoms with E-state index in [-0.39, 0.29) is 24.0 Å². The Labute approximate surface area is 123 Å². The van der Waals surface area contributed by atoms with Crippen molar-refractivity contribution in [3.63, 3.8) is 0 Å². The molecule has 1 aromatic rings. The van der Waals surface area contributed by atoms with E-state index in [0.29, 0.717) is 12.8 Å². The van der Waals surface area contributed by atoms with Crippen LogP contribution in [0.4, 0.5) is 8.78 Å². The van der Waals surface area contributed by atoms with Crippen LogP contribution >= 0.6 is 0 Å². The molecule has 21 heavy (non-hydrogen) atoms. The van der Waals surface area contributed by atoms with E-state index < -0.39 is 11.6 Å². The summed E-state index contributed by atoms with van der Waals surface area (Å²) in [7, 11) is 1.37. The van der Waals surface area contributed by atoms with Crippen LogP contribution in [0, 0.1) is 11.6 Å². The van der Waals surface area contributed by atoms with Gasteiger partial charge in [-0.2, -0.15) is 0 Å². The zero-order valence-corrected chi connectivity index (χ0v) is 12.2. The Hall–Kier alpha value is -1.24. The molecular formula is C15H22F2N2O2. The van der Waals surface area contributed by atoms with E-state index >= 15 is 0 Å². The Morgan fingerprint density at radius 2 is 2.05 bits per heavy atom. The molecule has 1 aliphatic heterocycles. The molecule has 0 unspecified atom stereocenters. The molecule has 118 valence electrons. The predicted octanol–water partition coefficient (Wildman–Crippen LogP) is 1.69. The van der Waals surface area contributed by atoms with Crippen LogP contribution in [0.25, 0.3) is 0 Å². The van der Waals surface area contributed by atoms with E-state index in [1.54, 1.807) is 0 Å². The molecule has 0 bridgehead atoms. The molecule has 0 saturated carbocycles. The number of halogens is 2. The average Bonchev–Trinajstić information content (AvgIpc) is 2.51. The van der Waals surface area contributed by atoms with Gasteiger partial charge in [-0.05, 0) is 25.0 Å². The van der Waals surface area contributed by atoms with E-state index in [2.05, 4.69) is 10.2 Å². The van der Waals surface area contributed by atoms with Gasteiger partial charge in [-0.25, -0.2) is 8.78 Å². The second-order valence-electron chi connectivity index (χ2n) is 5.14. The van der Waals surface area contributed by atoms with E-state index in [0.717, 1.165) is 26.2 Å². The minimum absolute atomic E-state index is 0.00972. The van der Waals surface area contributed by atoms with Crippen molar-refractivity contribution in [1.29, 1.82) is 0 Å². The van der Waals surface area contributed by atoms with E-state index in [9.17, 15) is 8.78 Å². The fourth-order valence-corrected chi connectivity index (χ4v) is 2.80. The predicted molar refractivity (Wildman–Crippen MR) is 76.4 cm³/mol. The smallest absolute Gasteiger partial charge is 0.172 e. The van der Waals surface area contributed by atoms with Crippen LogP contribution in [0.3, 0.4) is 0 Å². The van der Waals surface area contributed by atoms with Crippen LogP contribution in [0.1, 0.15) is 24.4 Å². The van der Waals surface area contributed by atoms with Gasteiger partial charge < -0.3 is 15.2 Å². The normalized spacial score (nSPS) is 17.7. The number of nitrogens with one attached hydrogen (secondary N) is 1. The van der Waals surface area contributed by atoms with Gasteiger partial charge in [-0.1, -0.05) is 0 Å². The molecule has 1 fully saturated rings. The van der Waals surface area contributed by atoms with Crippen LogP contribution in [0.2, 0.25) is 0 Å². The monoisotopic (exact) mass is 300 g/mol. The van der Waals surface area contributed by atoms with Gasteiger partial charge >= 0.3 is 0 Å². The van der Waals surface area contributed by atoms with Gasteiger partial charge in [-0.15, -0.1) is 0 Å². The topological polar surface area (TPSA) is 44.7 Å². The highest BCUT2D eigenvalue weighted by Crippen LogP contribution is 2.34. The Morgan fingerprint density at radius 1 is 1.33 bits per heavy atom. The number of aliphatic hydroxyl groups excluding tert-OH is 1. The number of ether oxygens (including phenoxy) is 1. The Balaban J connectivity index is 2.35. The zero-order valence-electron chi connectivity index (χ0n) is 12.2. The second-order valence-corrected chi connectivity index (χ2v) is 5.14. The van der Waals surface area contributed by atoms with E-state index in [1.165, 1.54) is 19.2 Å². The largest absolute Gasteiger partial charge is 0.494 e. The third kappa shape index (κ3) is 3.70. The Kier molecular flexibility index (Phi) is 5.90. The first-order valence-electron chi connectivity index (χ1n) is 7.26. The summed E-state index contributed by atoms with van der Waals surface area (Å²) in [6, 6.07) is 2.16. The minimum atomic E-state index is -0.640. The quantitative estimate of drug-likeness (QED) is 0.839. The summed E-state index contributed by atoms with van der Waals surface area (Å²) in [5.74, 6) is -1.15. The molecule has 4 nitrogen and oxygen atoms in total. The van der Waals surface area contributed by atoms with Crippen molar-refractivity contribution in [3.05, 3.63) is 29.3 Å². The van der Waals surface area contributed by atoms with Gasteiger partial charge in [0.25, 0.3) is 0 Å². The summed E-state index contributed by atoms with van der Waals surface area (Å²) in [5, 5.41) is 12.3. The van der Waals surface area contributed by atoms with Gasteiger partial charge in [0.15, 0.2) is 11.6 Å². The molecule has 1 saturated heterocycles. The fourth-order valence-electron chi connectivity index (χ4n) is 2.80. The van der Waals surface area contributed by atoms with Crippen LogP contribution in [-0.2, 0) is 0 Å². The van der Waals surface area contributed by atoms with Crippen molar-refractivity contribution in [2.75, 3.05) is 39.9 Å². The number of methoxy groups -OCH3 is 1. The fraction of sp³-hybridized carbons (Fsp3) is 0.600. The van der Waals surface area contributed by atoms with Gasteiger partial charge in [0.05, 0.1) is 7.11 Å². The number of rotatable bonds is 6. The standard InChI is InChI=1S/C15H22F2N2O2/c1-21-13-5-4-11(16)14(15(13)17)12(3-2-10-20)19-8-6-18-7-9-19/h4-5,12,18,20H,2-3,6-10H2,1H3/t12-/m1/s1. The zero-order chi connectivity index (χ0) is 15.2. The van der Waals surface area contributed by atoms with Crippen LogP contribution in [0.15, 0.2) is 12.1 Å². The third-order valence-electron chi connectivity index (χ3n) is 3.87. The van der Waals surface area contributed by atoms with Crippen LogP contribution in [0.5, 0.6) is 5.75 Å². The molecule has 0 amide bonds. The lowest BCUT2D eigenvalue weighted by Crippen LogP contribution is -2.45. The molecule has 0 radical (unpaired) electrons. The minimum Gasteiger partial charge on any atom is -0.494 e. The summed E-state index contributed by atoms with van der Waals surface area (Å²) in [6.07, 6.45) is 1.02. The molecule has 1 aliphatic rings. The maximum atomic E-state index is 14.5. The first-order valence-corrected chi connectivity index (χ1v) is 7.26. The van der Waals surface area contributed by atoms with Crippen LogP contribution < -0.4 is 10.1 Å². The van der Waals surface area contributed by atoms with Gasteiger partial charge in [0.1, 0.15) is 5.82 Å². The lowest BCUT2D eigenvalue weighted by Gasteiger charge is -2.35.